The first-order valence-corrected chi connectivity index (χ1v) is 7.27. The number of rotatable bonds is 2. The van der Waals surface area contributed by atoms with Gasteiger partial charge < -0.3 is 4.52 Å². The largest absolute Gasteiger partial charge is 0.334 e. The number of pyridine rings is 1. The van der Waals surface area contributed by atoms with Crippen molar-refractivity contribution in [3.8, 4) is 17.5 Å². The second-order valence-corrected chi connectivity index (χ2v) is 6.44. The highest BCUT2D eigenvalue weighted by Gasteiger charge is 2.30. The minimum absolute atomic E-state index is 0.353. The first-order valence-electron chi connectivity index (χ1n) is 7.27. The Morgan fingerprint density at radius 2 is 2.10 bits per heavy atom. The number of hydrogen-bond acceptors (Lipinski definition) is 5. The van der Waals surface area contributed by atoms with Crippen LogP contribution in [0.5, 0.6) is 0 Å². The van der Waals surface area contributed by atoms with Crippen molar-refractivity contribution in [2.75, 3.05) is 0 Å². The number of nitrogens with zero attached hydrogens (tertiary/aromatic N) is 4. The summed E-state index contributed by atoms with van der Waals surface area (Å²) in [6, 6.07) is 5.46. The van der Waals surface area contributed by atoms with Crippen LogP contribution in [0.15, 0.2) is 22.9 Å². The third-order valence-corrected chi connectivity index (χ3v) is 4.27. The maximum atomic E-state index is 8.89. The molecule has 0 saturated heterocycles. The Morgan fingerprint density at radius 1 is 1.33 bits per heavy atom. The van der Waals surface area contributed by atoms with E-state index < -0.39 is 0 Å². The Hall–Kier alpha value is -2.22. The molecule has 1 aliphatic carbocycles. The highest BCUT2D eigenvalue weighted by atomic mass is 16.5. The summed E-state index contributed by atoms with van der Waals surface area (Å²) in [5.74, 6) is 1.64. The summed E-state index contributed by atoms with van der Waals surface area (Å²) in [4.78, 5) is 8.46. The van der Waals surface area contributed by atoms with Crippen molar-refractivity contribution in [3.05, 3.63) is 29.8 Å². The van der Waals surface area contributed by atoms with Crippen molar-refractivity contribution in [2.24, 2.45) is 5.41 Å². The Balaban J connectivity index is 1.79. The molecule has 0 aromatic carbocycles. The smallest absolute Gasteiger partial charge is 0.258 e. The van der Waals surface area contributed by atoms with E-state index in [1.54, 1.807) is 18.3 Å². The fourth-order valence-corrected chi connectivity index (χ4v) is 2.80. The average molecular weight is 282 g/mol. The van der Waals surface area contributed by atoms with Crippen LogP contribution in [0.4, 0.5) is 0 Å². The van der Waals surface area contributed by atoms with Gasteiger partial charge in [-0.2, -0.15) is 10.2 Å². The van der Waals surface area contributed by atoms with Crippen molar-refractivity contribution < 1.29 is 4.52 Å². The van der Waals surface area contributed by atoms with Crippen LogP contribution in [0.1, 0.15) is 57.0 Å². The monoisotopic (exact) mass is 282 g/mol. The van der Waals surface area contributed by atoms with E-state index in [0.717, 1.165) is 24.2 Å². The van der Waals surface area contributed by atoms with Crippen molar-refractivity contribution in [1.29, 1.82) is 5.26 Å². The topological polar surface area (TPSA) is 75.6 Å². The number of hydrogen-bond donors (Lipinski definition) is 0. The fraction of sp³-hybridized carbons (Fsp3) is 0.500. The summed E-state index contributed by atoms with van der Waals surface area (Å²) >= 11 is 0. The maximum Gasteiger partial charge on any atom is 0.258 e. The second kappa shape index (κ2) is 5.28. The predicted octanol–water partition coefficient (Wildman–Crippen LogP) is 3.69. The van der Waals surface area contributed by atoms with Crippen LogP contribution in [-0.2, 0) is 0 Å². The van der Waals surface area contributed by atoms with E-state index in [4.69, 9.17) is 9.78 Å². The molecular formula is C16H18N4O. The van der Waals surface area contributed by atoms with Crippen LogP contribution in [0, 0.1) is 16.7 Å². The molecule has 0 amide bonds. The lowest BCUT2D eigenvalue weighted by Gasteiger charge is -2.32. The minimum Gasteiger partial charge on any atom is -0.334 e. The van der Waals surface area contributed by atoms with E-state index >= 15 is 0 Å². The van der Waals surface area contributed by atoms with Crippen LogP contribution in [0.2, 0.25) is 0 Å². The lowest BCUT2D eigenvalue weighted by molar-refractivity contribution is 0.218. The third kappa shape index (κ3) is 2.94. The standard InChI is InChI=1S/C16H18N4O/c1-16(2)6-3-11(4-7-16)14-19-15(21-20-14)12-5-8-18-13(9-12)10-17/h5,8-9,11H,3-4,6-7H2,1-2H3. The molecule has 0 atom stereocenters. The van der Waals surface area contributed by atoms with E-state index in [1.807, 2.05) is 6.07 Å². The molecule has 1 fully saturated rings. The zero-order valence-corrected chi connectivity index (χ0v) is 12.3. The molecule has 2 aromatic heterocycles. The Kier molecular flexibility index (Phi) is 3.46. The Labute approximate surface area is 124 Å². The van der Waals surface area contributed by atoms with Gasteiger partial charge in [0.2, 0.25) is 0 Å². The molecule has 1 saturated carbocycles. The van der Waals surface area contributed by atoms with E-state index in [9.17, 15) is 0 Å². The van der Waals surface area contributed by atoms with E-state index in [0.29, 0.717) is 22.9 Å². The SMILES string of the molecule is CC1(C)CCC(c2noc(-c3ccnc(C#N)c3)n2)CC1. The molecule has 5 nitrogen and oxygen atoms in total. The Morgan fingerprint density at radius 3 is 2.81 bits per heavy atom. The number of nitriles is 1. The molecule has 2 aromatic rings. The zero-order chi connectivity index (χ0) is 14.9. The Bertz CT molecular complexity index is 674. The van der Waals surface area contributed by atoms with E-state index in [2.05, 4.69) is 29.0 Å². The van der Waals surface area contributed by atoms with Crippen molar-refractivity contribution in [2.45, 2.75) is 45.4 Å². The van der Waals surface area contributed by atoms with Gasteiger partial charge in [-0.1, -0.05) is 19.0 Å². The van der Waals surface area contributed by atoms with Crippen molar-refractivity contribution in [3.63, 3.8) is 0 Å². The van der Waals surface area contributed by atoms with Gasteiger partial charge in [-0.25, -0.2) is 4.98 Å². The van der Waals surface area contributed by atoms with Gasteiger partial charge in [0, 0.05) is 17.7 Å². The highest BCUT2D eigenvalue weighted by Crippen LogP contribution is 2.41. The van der Waals surface area contributed by atoms with Gasteiger partial charge in [0.05, 0.1) is 0 Å². The summed E-state index contributed by atoms with van der Waals surface area (Å²) in [6.45, 7) is 4.62. The normalized spacial score (nSPS) is 18.3. The molecule has 2 heterocycles. The third-order valence-electron chi connectivity index (χ3n) is 4.27. The van der Waals surface area contributed by atoms with Crippen molar-refractivity contribution >= 4 is 0 Å². The van der Waals surface area contributed by atoms with Gasteiger partial charge in [0.1, 0.15) is 11.8 Å². The first-order chi connectivity index (χ1) is 10.1. The lowest BCUT2D eigenvalue weighted by atomic mass is 9.73. The van der Waals surface area contributed by atoms with Gasteiger partial charge in [-0.15, -0.1) is 0 Å². The van der Waals surface area contributed by atoms with E-state index in [1.165, 1.54) is 12.8 Å². The average Bonchev–Trinajstić information content (AvgIpc) is 2.97. The summed E-state index contributed by atoms with van der Waals surface area (Å²) in [7, 11) is 0. The summed E-state index contributed by atoms with van der Waals surface area (Å²) < 4.78 is 5.36. The zero-order valence-electron chi connectivity index (χ0n) is 12.3. The van der Waals surface area contributed by atoms with Gasteiger partial charge in [-0.3, -0.25) is 0 Å². The quantitative estimate of drug-likeness (QED) is 0.839. The highest BCUT2D eigenvalue weighted by molar-refractivity contribution is 5.54. The van der Waals surface area contributed by atoms with E-state index in [-0.39, 0.29) is 0 Å². The van der Waals surface area contributed by atoms with Crippen LogP contribution < -0.4 is 0 Å². The molecule has 21 heavy (non-hydrogen) atoms. The predicted molar refractivity (Wildman–Crippen MR) is 77.2 cm³/mol. The second-order valence-electron chi connectivity index (χ2n) is 6.44. The summed E-state index contributed by atoms with van der Waals surface area (Å²) in [6.07, 6.45) is 6.17. The lowest BCUT2D eigenvalue weighted by Crippen LogP contribution is -2.20. The maximum absolute atomic E-state index is 8.89. The molecule has 0 unspecified atom stereocenters. The molecule has 3 rings (SSSR count). The molecule has 0 radical (unpaired) electrons. The molecule has 5 heteroatoms. The van der Waals surface area contributed by atoms with Gasteiger partial charge in [0.15, 0.2) is 5.82 Å². The fourth-order valence-electron chi connectivity index (χ4n) is 2.80. The van der Waals surface area contributed by atoms with Crippen LogP contribution in [0.25, 0.3) is 11.5 Å². The van der Waals surface area contributed by atoms with Crippen LogP contribution in [-0.4, -0.2) is 15.1 Å². The molecular weight excluding hydrogens is 264 g/mol. The molecule has 0 bridgehead atoms. The van der Waals surface area contributed by atoms with Gasteiger partial charge >= 0.3 is 0 Å². The van der Waals surface area contributed by atoms with Gasteiger partial charge in [-0.05, 0) is 43.2 Å². The number of aromatic nitrogens is 3. The molecule has 0 N–H and O–H groups in total. The first kappa shape index (κ1) is 13.7. The van der Waals surface area contributed by atoms with Crippen LogP contribution >= 0.6 is 0 Å². The minimum atomic E-state index is 0.353. The molecule has 108 valence electrons. The summed E-state index contributed by atoms with van der Waals surface area (Å²) in [5.41, 5.74) is 1.53. The van der Waals surface area contributed by atoms with Crippen LogP contribution in [0.3, 0.4) is 0 Å². The molecule has 1 aliphatic rings. The summed E-state index contributed by atoms with van der Waals surface area (Å²) in [5, 5.41) is 13.0. The molecule has 0 aliphatic heterocycles. The molecule has 0 spiro atoms. The van der Waals surface area contributed by atoms with Crippen molar-refractivity contribution in [1.82, 2.24) is 15.1 Å². The van der Waals surface area contributed by atoms with Gasteiger partial charge in [0.25, 0.3) is 5.89 Å².